The van der Waals surface area contributed by atoms with Gasteiger partial charge >= 0.3 is 0 Å². The molecule has 7 heteroatoms. The van der Waals surface area contributed by atoms with Crippen LogP contribution in [0.1, 0.15) is 11.1 Å². The lowest BCUT2D eigenvalue weighted by atomic mass is 10.2. The molecule has 4 aromatic rings. The molecule has 0 radical (unpaired) electrons. The predicted octanol–water partition coefficient (Wildman–Crippen LogP) is 5.08. The maximum absolute atomic E-state index is 5.91. The summed E-state index contributed by atoms with van der Waals surface area (Å²) in [6.45, 7) is 0.468. The zero-order valence-electron chi connectivity index (χ0n) is 16.4. The molecule has 150 valence electrons. The lowest BCUT2D eigenvalue weighted by Gasteiger charge is -2.11. The number of hydrogen-bond donors (Lipinski definition) is 1. The van der Waals surface area contributed by atoms with Crippen molar-refractivity contribution in [3.05, 3.63) is 94.8 Å². The van der Waals surface area contributed by atoms with Crippen LogP contribution < -0.4 is 9.47 Å². The van der Waals surface area contributed by atoms with E-state index in [0.29, 0.717) is 28.7 Å². The van der Waals surface area contributed by atoms with Crippen LogP contribution >= 0.6 is 12.2 Å². The molecule has 0 unspecified atom stereocenters. The van der Waals surface area contributed by atoms with E-state index in [-0.39, 0.29) is 0 Å². The Labute approximate surface area is 179 Å². The Morgan fingerprint density at radius 2 is 1.73 bits per heavy atom. The second-order valence-corrected chi connectivity index (χ2v) is 6.85. The number of H-pyrrole nitrogens is 1. The Kier molecular flexibility index (Phi) is 6.01. The Morgan fingerprint density at radius 1 is 1.00 bits per heavy atom. The topological polar surface area (TPSA) is 64.4 Å². The first-order valence-electron chi connectivity index (χ1n) is 9.36. The number of aromatic amines is 1. The van der Waals surface area contributed by atoms with E-state index in [9.17, 15) is 0 Å². The quantitative estimate of drug-likeness (QED) is 0.337. The van der Waals surface area contributed by atoms with E-state index >= 15 is 0 Å². The third-order valence-corrected chi connectivity index (χ3v) is 4.69. The Balaban J connectivity index is 1.55. The first-order chi connectivity index (χ1) is 14.7. The maximum Gasteiger partial charge on any atom is 0.216 e. The van der Waals surface area contributed by atoms with Gasteiger partial charge in [-0.05, 0) is 41.5 Å². The van der Waals surface area contributed by atoms with Crippen LogP contribution in [-0.2, 0) is 6.61 Å². The molecule has 0 bridgehead atoms. The molecule has 1 aromatic heterocycles. The van der Waals surface area contributed by atoms with Crippen molar-refractivity contribution in [1.82, 2.24) is 14.9 Å². The molecule has 0 atom stereocenters. The molecule has 0 saturated carbocycles. The van der Waals surface area contributed by atoms with Crippen LogP contribution in [0.2, 0.25) is 0 Å². The molecule has 30 heavy (non-hydrogen) atoms. The second kappa shape index (κ2) is 9.19. The lowest BCUT2D eigenvalue weighted by molar-refractivity contribution is 0.284. The van der Waals surface area contributed by atoms with Crippen molar-refractivity contribution in [2.24, 2.45) is 5.10 Å². The number of rotatable bonds is 7. The highest BCUT2D eigenvalue weighted by atomic mass is 32.1. The molecule has 0 spiro atoms. The van der Waals surface area contributed by atoms with Crippen molar-refractivity contribution < 1.29 is 9.47 Å². The molecule has 0 aliphatic carbocycles. The molecule has 1 N–H and O–H groups in total. The van der Waals surface area contributed by atoms with Crippen molar-refractivity contribution in [1.29, 1.82) is 0 Å². The van der Waals surface area contributed by atoms with Crippen LogP contribution in [0.4, 0.5) is 0 Å². The molecule has 0 saturated heterocycles. The minimum Gasteiger partial charge on any atom is -0.493 e. The SMILES string of the molecule is COc1cc(/C=N\n2c(-c3ccccc3)n[nH]c2=S)ccc1OCc1ccccc1. The summed E-state index contributed by atoms with van der Waals surface area (Å²) in [5, 5.41) is 11.6. The van der Waals surface area contributed by atoms with Crippen molar-refractivity contribution in [3.63, 3.8) is 0 Å². The summed E-state index contributed by atoms with van der Waals surface area (Å²) in [6, 6.07) is 25.4. The van der Waals surface area contributed by atoms with Crippen LogP contribution in [-0.4, -0.2) is 28.2 Å². The van der Waals surface area contributed by atoms with Gasteiger partial charge in [-0.3, -0.25) is 0 Å². The Morgan fingerprint density at radius 3 is 2.47 bits per heavy atom. The fraction of sp³-hybridized carbons (Fsp3) is 0.0870. The van der Waals surface area contributed by atoms with E-state index in [1.165, 1.54) is 0 Å². The minimum atomic E-state index is 0.417. The van der Waals surface area contributed by atoms with Crippen molar-refractivity contribution >= 4 is 18.4 Å². The number of ether oxygens (including phenoxy) is 2. The summed E-state index contributed by atoms with van der Waals surface area (Å²) in [5.74, 6) is 1.95. The van der Waals surface area contributed by atoms with E-state index in [4.69, 9.17) is 21.7 Å². The molecule has 0 fully saturated rings. The van der Waals surface area contributed by atoms with Crippen LogP contribution in [0.5, 0.6) is 11.5 Å². The number of nitrogens with zero attached hydrogens (tertiary/aromatic N) is 3. The first-order valence-corrected chi connectivity index (χ1v) is 9.77. The monoisotopic (exact) mass is 416 g/mol. The fourth-order valence-electron chi connectivity index (χ4n) is 2.92. The van der Waals surface area contributed by atoms with Gasteiger partial charge in [0.2, 0.25) is 4.77 Å². The zero-order valence-corrected chi connectivity index (χ0v) is 17.2. The summed E-state index contributed by atoms with van der Waals surface area (Å²) in [7, 11) is 1.62. The van der Waals surface area contributed by atoms with Crippen molar-refractivity contribution in [2.45, 2.75) is 6.61 Å². The van der Waals surface area contributed by atoms with Gasteiger partial charge in [-0.25, -0.2) is 5.10 Å². The smallest absolute Gasteiger partial charge is 0.216 e. The molecular formula is C23H20N4O2S. The largest absolute Gasteiger partial charge is 0.493 e. The van der Waals surface area contributed by atoms with E-state index in [1.54, 1.807) is 18.0 Å². The van der Waals surface area contributed by atoms with Gasteiger partial charge in [-0.2, -0.15) is 14.9 Å². The molecule has 0 aliphatic rings. The predicted molar refractivity (Wildman–Crippen MR) is 120 cm³/mol. The highest BCUT2D eigenvalue weighted by Crippen LogP contribution is 2.28. The Bertz CT molecular complexity index is 1200. The van der Waals surface area contributed by atoms with Crippen LogP contribution in [0, 0.1) is 4.77 Å². The van der Waals surface area contributed by atoms with Gasteiger partial charge in [-0.15, -0.1) is 0 Å². The highest BCUT2D eigenvalue weighted by Gasteiger charge is 2.08. The number of nitrogens with one attached hydrogen (secondary N) is 1. The van der Waals surface area contributed by atoms with Gasteiger partial charge < -0.3 is 9.47 Å². The highest BCUT2D eigenvalue weighted by molar-refractivity contribution is 7.71. The molecule has 0 aliphatic heterocycles. The fourth-order valence-corrected chi connectivity index (χ4v) is 3.10. The van der Waals surface area contributed by atoms with E-state index < -0.39 is 0 Å². The first kappa shape index (κ1) is 19.6. The summed E-state index contributed by atoms with van der Waals surface area (Å²) < 4.78 is 13.4. The van der Waals surface area contributed by atoms with Gasteiger partial charge in [0.25, 0.3) is 0 Å². The number of aromatic nitrogens is 3. The molecule has 6 nitrogen and oxygen atoms in total. The summed E-state index contributed by atoms with van der Waals surface area (Å²) in [5.41, 5.74) is 2.86. The summed E-state index contributed by atoms with van der Waals surface area (Å²) in [6.07, 6.45) is 1.71. The van der Waals surface area contributed by atoms with E-state index in [2.05, 4.69) is 15.3 Å². The van der Waals surface area contributed by atoms with Gasteiger partial charge in [0.15, 0.2) is 17.3 Å². The normalized spacial score (nSPS) is 11.0. The average molecular weight is 417 g/mol. The second-order valence-electron chi connectivity index (χ2n) is 6.46. The Hall–Kier alpha value is -3.71. The summed E-state index contributed by atoms with van der Waals surface area (Å²) >= 11 is 5.33. The molecule has 0 amide bonds. The van der Waals surface area contributed by atoms with Gasteiger partial charge in [0, 0.05) is 5.56 Å². The average Bonchev–Trinajstić information content (AvgIpc) is 3.18. The van der Waals surface area contributed by atoms with Gasteiger partial charge in [-0.1, -0.05) is 60.7 Å². The standard InChI is InChI=1S/C23H20N4O2S/c1-28-21-14-18(12-13-20(21)29-16-17-8-4-2-5-9-17)15-24-27-22(25-26-23(27)30)19-10-6-3-7-11-19/h2-15H,16H2,1H3,(H,26,30)/b24-15-. The lowest BCUT2D eigenvalue weighted by Crippen LogP contribution is -1.99. The third-order valence-electron chi connectivity index (χ3n) is 4.43. The van der Waals surface area contributed by atoms with Crippen molar-refractivity contribution in [2.75, 3.05) is 7.11 Å². The van der Waals surface area contributed by atoms with E-state index in [1.807, 2.05) is 78.9 Å². The van der Waals surface area contributed by atoms with Crippen LogP contribution in [0.25, 0.3) is 11.4 Å². The van der Waals surface area contributed by atoms with Crippen LogP contribution in [0.15, 0.2) is 84.0 Å². The maximum atomic E-state index is 5.91. The van der Waals surface area contributed by atoms with Crippen LogP contribution in [0.3, 0.4) is 0 Å². The summed E-state index contributed by atoms with van der Waals surface area (Å²) in [4.78, 5) is 0. The van der Waals surface area contributed by atoms with Crippen molar-refractivity contribution in [3.8, 4) is 22.9 Å². The minimum absolute atomic E-state index is 0.417. The zero-order chi connectivity index (χ0) is 20.8. The van der Waals surface area contributed by atoms with Gasteiger partial charge in [0.05, 0.1) is 13.3 Å². The molecule has 3 aromatic carbocycles. The van der Waals surface area contributed by atoms with Gasteiger partial charge in [0.1, 0.15) is 6.61 Å². The number of methoxy groups -OCH3 is 1. The number of hydrogen-bond acceptors (Lipinski definition) is 5. The third kappa shape index (κ3) is 4.47. The molecule has 4 rings (SSSR count). The molecular weight excluding hydrogens is 396 g/mol. The molecule has 1 heterocycles. The van der Waals surface area contributed by atoms with E-state index in [0.717, 1.165) is 16.7 Å². The number of benzene rings is 3.